The second-order valence-electron chi connectivity index (χ2n) is 5.14. The van der Waals surface area contributed by atoms with Crippen LogP contribution in [0.4, 0.5) is 13.2 Å². The van der Waals surface area contributed by atoms with Crippen molar-refractivity contribution < 1.29 is 18.3 Å². The summed E-state index contributed by atoms with van der Waals surface area (Å²) in [6.07, 6.45) is -4.37. The van der Waals surface area contributed by atoms with Crippen molar-refractivity contribution in [2.75, 3.05) is 6.61 Å². The normalized spacial score (nSPS) is 11.9. The zero-order valence-corrected chi connectivity index (χ0v) is 13.1. The van der Waals surface area contributed by atoms with Crippen LogP contribution in [0.15, 0.2) is 42.5 Å². The van der Waals surface area contributed by atoms with Gasteiger partial charge in [-0.1, -0.05) is 35.9 Å². The van der Waals surface area contributed by atoms with E-state index in [0.29, 0.717) is 16.3 Å². The maximum Gasteiger partial charge on any atom is 0.418 e. The Bertz CT molecular complexity index is 897. The molecule has 2 aromatic carbocycles. The number of alkyl halides is 3. The van der Waals surface area contributed by atoms with Gasteiger partial charge in [-0.05, 0) is 18.2 Å². The predicted octanol–water partition coefficient (Wildman–Crippen LogP) is 4.50. The molecule has 0 aliphatic heterocycles. The first-order valence-electron chi connectivity index (χ1n) is 7.14. The molecular formula is C17H12ClF3N2O. The monoisotopic (exact) mass is 352 g/mol. The molecule has 124 valence electrons. The number of halogens is 4. The lowest BCUT2D eigenvalue weighted by molar-refractivity contribution is -0.136. The van der Waals surface area contributed by atoms with E-state index in [1.807, 2.05) is 0 Å². The zero-order chi connectivity index (χ0) is 17.3. The largest absolute Gasteiger partial charge is 0.418 e. The molecule has 0 saturated heterocycles. The number of hydrogen-bond donors (Lipinski definition) is 1. The molecule has 0 saturated carbocycles. The van der Waals surface area contributed by atoms with Gasteiger partial charge in [-0.15, -0.1) is 0 Å². The Morgan fingerprint density at radius 3 is 2.42 bits per heavy atom. The second kappa shape index (κ2) is 6.37. The fourth-order valence-corrected chi connectivity index (χ4v) is 2.72. The molecule has 1 heterocycles. The van der Waals surface area contributed by atoms with Gasteiger partial charge < -0.3 is 5.11 Å². The SMILES string of the molecule is OCCc1nc2cccc(C(F)(F)F)c2nc1-c1ccccc1Cl. The molecule has 3 aromatic rings. The summed E-state index contributed by atoms with van der Waals surface area (Å²) >= 11 is 6.16. The van der Waals surface area contributed by atoms with Crippen LogP contribution in [0.5, 0.6) is 0 Å². The van der Waals surface area contributed by atoms with Crippen molar-refractivity contribution in [2.45, 2.75) is 12.6 Å². The van der Waals surface area contributed by atoms with Crippen LogP contribution in [0.2, 0.25) is 5.02 Å². The van der Waals surface area contributed by atoms with Crippen LogP contribution in [-0.4, -0.2) is 21.7 Å². The van der Waals surface area contributed by atoms with Gasteiger partial charge in [0.15, 0.2) is 0 Å². The molecule has 0 unspecified atom stereocenters. The minimum atomic E-state index is -4.54. The third-order valence-electron chi connectivity index (χ3n) is 3.55. The molecule has 1 N–H and O–H groups in total. The minimum Gasteiger partial charge on any atom is -0.396 e. The van der Waals surface area contributed by atoms with Gasteiger partial charge in [-0.2, -0.15) is 13.2 Å². The predicted molar refractivity (Wildman–Crippen MR) is 85.8 cm³/mol. The Hall–Kier alpha value is -2.18. The third kappa shape index (κ3) is 3.07. The highest BCUT2D eigenvalue weighted by Gasteiger charge is 2.33. The van der Waals surface area contributed by atoms with Crippen LogP contribution in [0.1, 0.15) is 11.3 Å². The van der Waals surface area contributed by atoms with E-state index in [9.17, 15) is 18.3 Å². The first-order chi connectivity index (χ1) is 11.4. The average Bonchev–Trinajstić information content (AvgIpc) is 2.53. The number of rotatable bonds is 3. The van der Waals surface area contributed by atoms with Gasteiger partial charge in [0.2, 0.25) is 0 Å². The number of aliphatic hydroxyl groups excluding tert-OH is 1. The summed E-state index contributed by atoms with van der Waals surface area (Å²) in [5.74, 6) is 0. The van der Waals surface area contributed by atoms with E-state index in [-0.39, 0.29) is 29.8 Å². The van der Waals surface area contributed by atoms with Gasteiger partial charge in [0, 0.05) is 18.6 Å². The van der Waals surface area contributed by atoms with Crippen LogP contribution in [-0.2, 0) is 12.6 Å². The summed E-state index contributed by atoms with van der Waals surface area (Å²) in [6, 6.07) is 10.4. The maximum atomic E-state index is 13.2. The van der Waals surface area contributed by atoms with Crippen molar-refractivity contribution in [3.63, 3.8) is 0 Å². The first-order valence-corrected chi connectivity index (χ1v) is 7.52. The zero-order valence-electron chi connectivity index (χ0n) is 12.3. The van der Waals surface area contributed by atoms with Crippen molar-refractivity contribution in [2.24, 2.45) is 0 Å². The lowest BCUT2D eigenvalue weighted by atomic mass is 10.1. The highest BCUT2D eigenvalue weighted by molar-refractivity contribution is 6.33. The van der Waals surface area contributed by atoms with E-state index in [1.165, 1.54) is 12.1 Å². The smallest absolute Gasteiger partial charge is 0.396 e. The van der Waals surface area contributed by atoms with Crippen molar-refractivity contribution in [3.8, 4) is 11.3 Å². The summed E-state index contributed by atoms with van der Waals surface area (Å²) in [7, 11) is 0. The lowest BCUT2D eigenvalue weighted by Gasteiger charge is -2.14. The standard InChI is InChI=1S/C17H12ClF3N2O/c18-12-6-2-1-4-10(12)15-14(8-9-24)22-13-7-3-5-11(16(13)23-15)17(19,20)21/h1-7,24H,8-9H2. The quantitative estimate of drug-likeness (QED) is 0.754. The van der Waals surface area contributed by atoms with E-state index in [4.69, 9.17) is 11.6 Å². The number of nitrogens with zero attached hydrogens (tertiary/aromatic N) is 2. The van der Waals surface area contributed by atoms with Crippen molar-refractivity contribution in [1.82, 2.24) is 9.97 Å². The van der Waals surface area contributed by atoms with Gasteiger partial charge in [0.1, 0.15) is 5.52 Å². The molecule has 0 spiro atoms. The van der Waals surface area contributed by atoms with Crippen LogP contribution >= 0.6 is 11.6 Å². The Morgan fingerprint density at radius 2 is 1.75 bits per heavy atom. The maximum absolute atomic E-state index is 13.2. The molecule has 3 nitrogen and oxygen atoms in total. The first kappa shape index (κ1) is 16.7. The van der Waals surface area contributed by atoms with Gasteiger partial charge in [-0.25, -0.2) is 9.97 Å². The van der Waals surface area contributed by atoms with E-state index >= 15 is 0 Å². The summed E-state index contributed by atoms with van der Waals surface area (Å²) in [4.78, 5) is 8.49. The van der Waals surface area contributed by atoms with Crippen LogP contribution in [0.25, 0.3) is 22.3 Å². The van der Waals surface area contributed by atoms with Crippen LogP contribution in [0, 0.1) is 0 Å². The average molecular weight is 353 g/mol. The molecule has 24 heavy (non-hydrogen) atoms. The van der Waals surface area contributed by atoms with Crippen LogP contribution < -0.4 is 0 Å². The number of fused-ring (bicyclic) bond motifs is 1. The van der Waals surface area contributed by atoms with E-state index < -0.39 is 11.7 Å². The number of para-hydroxylation sites is 1. The number of aliphatic hydroxyl groups is 1. The number of aromatic nitrogens is 2. The van der Waals surface area contributed by atoms with Crippen molar-refractivity contribution >= 4 is 22.6 Å². The van der Waals surface area contributed by atoms with Gasteiger partial charge in [-0.3, -0.25) is 0 Å². The molecule has 0 radical (unpaired) electrons. The van der Waals surface area contributed by atoms with Crippen molar-refractivity contribution in [1.29, 1.82) is 0 Å². The topological polar surface area (TPSA) is 46.0 Å². The van der Waals surface area contributed by atoms with Gasteiger partial charge in [0.25, 0.3) is 0 Å². The number of hydrogen-bond acceptors (Lipinski definition) is 3. The fourth-order valence-electron chi connectivity index (χ4n) is 2.49. The summed E-state index contributed by atoms with van der Waals surface area (Å²) in [5, 5.41) is 9.59. The number of benzene rings is 2. The Morgan fingerprint density at radius 1 is 1.00 bits per heavy atom. The van der Waals surface area contributed by atoms with E-state index in [1.54, 1.807) is 24.3 Å². The molecule has 1 aromatic heterocycles. The highest BCUT2D eigenvalue weighted by Crippen LogP contribution is 2.36. The molecule has 0 amide bonds. The molecule has 7 heteroatoms. The molecule has 0 atom stereocenters. The molecule has 3 rings (SSSR count). The summed E-state index contributed by atoms with van der Waals surface area (Å²) in [6.45, 7) is -0.198. The Balaban J connectivity index is 2.34. The highest BCUT2D eigenvalue weighted by atomic mass is 35.5. The van der Waals surface area contributed by atoms with Crippen molar-refractivity contribution in [3.05, 3.63) is 58.7 Å². The minimum absolute atomic E-state index is 0.129. The van der Waals surface area contributed by atoms with E-state index in [2.05, 4.69) is 9.97 Å². The molecule has 0 fully saturated rings. The molecule has 0 bridgehead atoms. The molecule has 0 aliphatic carbocycles. The Labute approximate surface area is 140 Å². The molecular weight excluding hydrogens is 341 g/mol. The van der Waals surface area contributed by atoms with E-state index in [0.717, 1.165) is 6.07 Å². The second-order valence-corrected chi connectivity index (χ2v) is 5.55. The third-order valence-corrected chi connectivity index (χ3v) is 3.88. The van der Waals surface area contributed by atoms with Gasteiger partial charge >= 0.3 is 6.18 Å². The summed E-state index contributed by atoms with van der Waals surface area (Å²) in [5.41, 5.74) is 0.173. The fraction of sp³-hybridized carbons (Fsp3) is 0.176. The molecule has 0 aliphatic rings. The van der Waals surface area contributed by atoms with Crippen LogP contribution in [0.3, 0.4) is 0 Å². The summed E-state index contributed by atoms with van der Waals surface area (Å²) < 4.78 is 39.7. The lowest BCUT2D eigenvalue weighted by Crippen LogP contribution is -2.09. The van der Waals surface area contributed by atoms with Gasteiger partial charge in [0.05, 0.1) is 27.5 Å². The Kier molecular flexibility index (Phi) is 4.43.